The first-order chi connectivity index (χ1) is 5.65. The van der Waals surface area contributed by atoms with Gasteiger partial charge in [0.1, 0.15) is 11.5 Å². The second-order valence-corrected chi connectivity index (χ2v) is 2.84. The van der Waals surface area contributed by atoms with E-state index in [1.807, 2.05) is 20.8 Å². The molecule has 0 atom stereocenters. The van der Waals surface area contributed by atoms with E-state index in [4.69, 9.17) is 4.74 Å². The van der Waals surface area contributed by atoms with Crippen LogP contribution in [0.3, 0.4) is 0 Å². The largest absolute Gasteiger partial charge is 0.508 e. The molecule has 0 saturated carbocycles. The molecule has 0 radical (unpaired) electrons. The molecule has 0 amide bonds. The van der Waals surface area contributed by atoms with E-state index in [9.17, 15) is 5.11 Å². The molecule has 0 fully saturated rings. The van der Waals surface area contributed by atoms with Gasteiger partial charge in [0, 0.05) is 0 Å². The van der Waals surface area contributed by atoms with Crippen molar-refractivity contribution in [2.75, 3.05) is 6.61 Å². The van der Waals surface area contributed by atoms with Gasteiger partial charge in [0.25, 0.3) is 0 Å². The molecule has 1 N–H and O–H groups in total. The molecule has 2 heteroatoms. The van der Waals surface area contributed by atoms with Gasteiger partial charge in [0.05, 0.1) is 6.61 Å². The normalized spacial score (nSPS) is 9.92. The first-order valence-corrected chi connectivity index (χ1v) is 4.08. The molecule has 0 bridgehead atoms. The summed E-state index contributed by atoms with van der Waals surface area (Å²) in [6, 6.07) is 3.41. The number of rotatable bonds is 2. The Morgan fingerprint density at radius 1 is 1.25 bits per heavy atom. The highest BCUT2D eigenvalue weighted by Gasteiger charge is 2.04. The maximum atomic E-state index is 9.23. The third-order valence-corrected chi connectivity index (χ3v) is 1.73. The molecule has 0 spiro atoms. The van der Waals surface area contributed by atoms with Crippen LogP contribution in [0, 0.1) is 13.8 Å². The van der Waals surface area contributed by atoms with E-state index >= 15 is 0 Å². The minimum atomic E-state index is 0.299. The number of ether oxygens (including phenoxy) is 1. The minimum Gasteiger partial charge on any atom is -0.508 e. The molecule has 1 rings (SSSR count). The van der Waals surface area contributed by atoms with Crippen LogP contribution in [-0.4, -0.2) is 11.7 Å². The van der Waals surface area contributed by atoms with Crippen molar-refractivity contribution in [1.29, 1.82) is 0 Å². The molecule has 2 nitrogen and oxygen atoms in total. The Morgan fingerprint density at radius 3 is 2.17 bits per heavy atom. The van der Waals surface area contributed by atoms with E-state index in [1.54, 1.807) is 12.1 Å². The first kappa shape index (κ1) is 8.91. The van der Waals surface area contributed by atoms with Gasteiger partial charge in [0.15, 0.2) is 0 Å². The maximum Gasteiger partial charge on any atom is 0.125 e. The van der Waals surface area contributed by atoms with Crippen LogP contribution < -0.4 is 4.74 Å². The average Bonchev–Trinajstić information content (AvgIpc) is 1.96. The van der Waals surface area contributed by atoms with Crippen molar-refractivity contribution in [2.45, 2.75) is 20.8 Å². The quantitative estimate of drug-likeness (QED) is 0.731. The fraction of sp³-hybridized carbons (Fsp3) is 0.400. The van der Waals surface area contributed by atoms with E-state index < -0.39 is 0 Å². The zero-order valence-electron chi connectivity index (χ0n) is 7.72. The average molecular weight is 166 g/mol. The lowest BCUT2D eigenvalue weighted by molar-refractivity contribution is 0.334. The van der Waals surface area contributed by atoms with Crippen molar-refractivity contribution in [3.63, 3.8) is 0 Å². The Bertz CT molecular complexity index is 256. The molecule has 0 saturated heterocycles. The lowest BCUT2D eigenvalue weighted by atomic mass is 10.1. The van der Waals surface area contributed by atoms with Crippen molar-refractivity contribution in [3.05, 3.63) is 23.3 Å². The smallest absolute Gasteiger partial charge is 0.125 e. The predicted molar refractivity (Wildman–Crippen MR) is 48.7 cm³/mol. The Kier molecular flexibility index (Phi) is 2.58. The SMILES string of the molecule is CCOc1c(C)cc(O)cc1C. The molecule has 0 aromatic heterocycles. The number of hydrogen-bond donors (Lipinski definition) is 1. The van der Waals surface area contributed by atoms with Gasteiger partial charge in [0.2, 0.25) is 0 Å². The van der Waals surface area contributed by atoms with Crippen molar-refractivity contribution >= 4 is 0 Å². The molecule has 66 valence electrons. The molecular weight excluding hydrogens is 152 g/mol. The van der Waals surface area contributed by atoms with Crippen LogP contribution in [0.15, 0.2) is 12.1 Å². The number of benzene rings is 1. The lowest BCUT2D eigenvalue weighted by Crippen LogP contribution is -1.96. The standard InChI is InChI=1S/C10H14O2/c1-4-12-10-7(2)5-9(11)6-8(10)3/h5-6,11H,4H2,1-3H3. The van der Waals surface area contributed by atoms with Gasteiger partial charge in [-0.3, -0.25) is 0 Å². The van der Waals surface area contributed by atoms with Crippen LogP contribution in [0.1, 0.15) is 18.1 Å². The number of aromatic hydroxyl groups is 1. The summed E-state index contributed by atoms with van der Waals surface area (Å²) in [5.74, 6) is 1.18. The van der Waals surface area contributed by atoms with Crippen molar-refractivity contribution in [1.82, 2.24) is 0 Å². The number of phenols is 1. The summed E-state index contributed by atoms with van der Waals surface area (Å²) >= 11 is 0. The van der Waals surface area contributed by atoms with Gasteiger partial charge in [-0.2, -0.15) is 0 Å². The highest BCUT2D eigenvalue weighted by Crippen LogP contribution is 2.27. The zero-order chi connectivity index (χ0) is 9.14. The summed E-state index contributed by atoms with van der Waals surface area (Å²) in [7, 11) is 0. The van der Waals surface area contributed by atoms with Gasteiger partial charge < -0.3 is 9.84 Å². The van der Waals surface area contributed by atoms with E-state index in [1.165, 1.54) is 0 Å². The minimum absolute atomic E-state index is 0.299. The Hall–Kier alpha value is -1.18. The summed E-state index contributed by atoms with van der Waals surface area (Å²) in [4.78, 5) is 0. The maximum absolute atomic E-state index is 9.23. The topological polar surface area (TPSA) is 29.5 Å². The molecule has 12 heavy (non-hydrogen) atoms. The van der Waals surface area contributed by atoms with Crippen LogP contribution in [0.5, 0.6) is 11.5 Å². The van der Waals surface area contributed by atoms with Gasteiger partial charge in [-0.15, -0.1) is 0 Å². The van der Waals surface area contributed by atoms with Crippen LogP contribution in [-0.2, 0) is 0 Å². The fourth-order valence-electron chi connectivity index (χ4n) is 1.30. The van der Waals surface area contributed by atoms with E-state index in [0.717, 1.165) is 16.9 Å². The molecule has 1 aromatic carbocycles. The van der Waals surface area contributed by atoms with Gasteiger partial charge >= 0.3 is 0 Å². The first-order valence-electron chi connectivity index (χ1n) is 4.08. The molecule has 0 aliphatic heterocycles. The molecule has 0 heterocycles. The molecule has 1 aromatic rings. The van der Waals surface area contributed by atoms with Crippen molar-refractivity contribution < 1.29 is 9.84 Å². The van der Waals surface area contributed by atoms with Crippen LogP contribution in [0.4, 0.5) is 0 Å². The summed E-state index contributed by atoms with van der Waals surface area (Å²) in [5.41, 5.74) is 1.96. The third-order valence-electron chi connectivity index (χ3n) is 1.73. The summed E-state index contributed by atoms with van der Waals surface area (Å²) in [5, 5.41) is 9.23. The van der Waals surface area contributed by atoms with Crippen LogP contribution >= 0.6 is 0 Å². The van der Waals surface area contributed by atoms with Crippen molar-refractivity contribution in [2.24, 2.45) is 0 Å². The fourth-order valence-corrected chi connectivity index (χ4v) is 1.30. The number of aryl methyl sites for hydroxylation is 2. The van der Waals surface area contributed by atoms with Crippen LogP contribution in [0.2, 0.25) is 0 Å². The Morgan fingerprint density at radius 2 is 1.75 bits per heavy atom. The second kappa shape index (κ2) is 3.48. The predicted octanol–water partition coefficient (Wildman–Crippen LogP) is 2.41. The zero-order valence-corrected chi connectivity index (χ0v) is 7.72. The summed E-state index contributed by atoms with van der Waals surface area (Å²) < 4.78 is 5.41. The molecule has 0 aliphatic carbocycles. The number of phenolic OH excluding ortho intramolecular Hbond substituents is 1. The van der Waals surface area contributed by atoms with Crippen LogP contribution in [0.25, 0.3) is 0 Å². The lowest BCUT2D eigenvalue weighted by Gasteiger charge is -2.10. The van der Waals surface area contributed by atoms with Crippen molar-refractivity contribution in [3.8, 4) is 11.5 Å². The molecule has 0 unspecified atom stereocenters. The Labute approximate surface area is 72.8 Å². The third kappa shape index (κ3) is 1.70. The van der Waals surface area contributed by atoms with E-state index in [0.29, 0.717) is 12.4 Å². The highest BCUT2D eigenvalue weighted by atomic mass is 16.5. The van der Waals surface area contributed by atoms with Gasteiger partial charge in [-0.05, 0) is 44.0 Å². The van der Waals surface area contributed by atoms with E-state index in [-0.39, 0.29) is 0 Å². The molecular formula is C10H14O2. The van der Waals surface area contributed by atoms with Gasteiger partial charge in [-0.1, -0.05) is 0 Å². The molecule has 0 aliphatic rings. The highest BCUT2D eigenvalue weighted by molar-refractivity contribution is 5.45. The van der Waals surface area contributed by atoms with E-state index in [2.05, 4.69) is 0 Å². The Balaban J connectivity index is 3.10. The summed E-state index contributed by atoms with van der Waals surface area (Å²) in [6.45, 7) is 6.47. The monoisotopic (exact) mass is 166 g/mol. The second-order valence-electron chi connectivity index (χ2n) is 2.84. The summed E-state index contributed by atoms with van der Waals surface area (Å²) in [6.07, 6.45) is 0. The number of hydrogen-bond acceptors (Lipinski definition) is 2. The van der Waals surface area contributed by atoms with Gasteiger partial charge in [-0.25, -0.2) is 0 Å².